The van der Waals surface area contributed by atoms with E-state index in [0.29, 0.717) is 0 Å². The minimum atomic E-state index is -0.592. The van der Waals surface area contributed by atoms with Crippen LogP contribution in [0, 0.1) is 0 Å². The van der Waals surface area contributed by atoms with Crippen LogP contribution in [0.1, 0.15) is 79.2 Å². The van der Waals surface area contributed by atoms with Crippen molar-refractivity contribution < 1.29 is 38.0 Å². The monoisotopic (exact) mass is 672 g/mol. The van der Waals surface area contributed by atoms with Crippen molar-refractivity contribution in [3.8, 4) is 0 Å². The Morgan fingerprint density at radius 2 is 1.52 bits per heavy atom. The summed E-state index contributed by atoms with van der Waals surface area (Å²) in [6.45, 7) is 17.7. The average Bonchev–Trinajstić information content (AvgIpc) is 3.70. The molecule has 0 unspecified atom stereocenters. The number of piperidine rings is 2. The highest BCUT2D eigenvalue weighted by Gasteiger charge is 2.49. The van der Waals surface area contributed by atoms with Crippen LogP contribution in [0.3, 0.4) is 0 Å². The van der Waals surface area contributed by atoms with Crippen LogP contribution in [0.25, 0.3) is 0 Å². The Balaban J connectivity index is 0.000000182. The lowest BCUT2D eigenvalue weighted by atomic mass is 9.90. The van der Waals surface area contributed by atoms with E-state index in [1.807, 2.05) is 64.1 Å². The molecule has 7 rings (SSSR count). The maximum Gasteiger partial charge on any atom is 0.407 e. The van der Waals surface area contributed by atoms with E-state index in [2.05, 4.69) is 29.0 Å². The minimum Gasteiger partial charge on any atom is -0.465 e. The van der Waals surface area contributed by atoms with Crippen LogP contribution in [-0.2, 0) is 39.8 Å². The molecule has 0 bridgehead atoms. The van der Waals surface area contributed by atoms with E-state index in [4.69, 9.17) is 38.9 Å². The van der Waals surface area contributed by atoms with Gasteiger partial charge in [0.2, 0.25) is 6.29 Å². The lowest BCUT2D eigenvalue weighted by molar-refractivity contribution is -0.206. The summed E-state index contributed by atoms with van der Waals surface area (Å²) >= 11 is 0. The molecule has 12 heteroatoms. The summed E-state index contributed by atoms with van der Waals surface area (Å²) in [6, 6.07) is 9.70. The standard InChI is InChI=1S/C22H30N2O5.C14H26N2O3/c1-21(2)28-18-13-17(27-19(18)29-21)14-24-11-9-22(3,10-12-24)23-20(25)26-15-16-7-5-4-6-8-16;1-13(2)18-11-8-10(17-12(11)19-13)9-16-6-4-14(3,15)5-7-16/h4-8,13,18-19H,9-12,14-15H2,1-3H3,(H,23,25);10-12H,4-9,15H2,1-3H3/t18-,19-;10-,11-,12-/m11/s1. The SMILES string of the molecule is CC1(N)CCN(C[C@H]2C[C@H]3OC(C)(C)O[C@H]3O2)CC1.CC1(NC(=O)OCc2ccccc2)CCN(CC2=C[C@H]3OC(C)(C)O[C@H]3O2)CC1. The number of rotatable bonds is 7. The number of fused-ring (bicyclic) bond motifs is 2. The van der Waals surface area contributed by atoms with E-state index in [-0.39, 0.29) is 54.7 Å². The highest BCUT2D eigenvalue weighted by molar-refractivity contribution is 5.68. The molecule has 6 aliphatic rings. The second-order valence-electron chi connectivity index (χ2n) is 15.7. The smallest absolute Gasteiger partial charge is 0.407 e. The summed E-state index contributed by atoms with van der Waals surface area (Å²) < 4.78 is 40.4. The molecule has 1 amide bonds. The molecular weight excluding hydrogens is 616 g/mol. The summed E-state index contributed by atoms with van der Waals surface area (Å²) in [5, 5.41) is 3.05. The Morgan fingerprint density at radius 1 is 0.875 bits per heavy atom. The fourth-order valence-electron chi connectivity index (χ4n) is 7.21. The van der Waals surface area contributed by atoms with E-state index in [1.165, 1.54) is 0 Å². The van der Waals surface area contributed by atoms with Gasteiger partial charge in [-0.1, -0.05) is 30.3 Å². The number of hydrogen-bond donors (Lipinski definition) is 2. The van der Waals surface area contributed by atoms with Gasteiger partial charge in [-0.15, -0.1) is 0 Å². The van der Waals surface area contributed by atoms with Gasteiger partial charge in [0.05, 0.1) is 12.6 Å². The van der Waals surface area contributed by atoms with Gasteiger partial charge in [0.25, 0.3) is 0 Å². The van der Waals surface area contributed by atoms with Crippen LogP contribution in [-0.4, -0.2) is 109 Å². The predicted octanol–water partition coefficient (Wildman–Crippen LogP) is 4.23. The molecule has 0 spiro atoms. The molecule has 5 atom stereocenters. The molecule has 1 aromatic rings. The third-order valence-corrected chi connectivity index (χ3v) is 10.1. The third-order valence-electron chi connectivity index (χ3n) is 10.1. The summed E-state index contributed by atoms with van der Waals surface area (Å²) in [5.41, 5.74) is 6.89. The van der Waals surface area contributed by atoms with Crippen LogP contribution in [0.2, 0.25) is 0 Å². The van der Waals surface area contributed by atoms with Crippen molar-refractivity contribution in [1.82, 2.24) is 15.1 Å². The fourth-order valence-corrected chi connectivity index (χ4v) is 7.21. The van der Waals surface area contributed by atoms with Gasteiger partial charge < -0.3 is 49.1 Å². The average molecular weight is 673 g/mol. The quantitative estimate of drug-likeness (QED) is 0.433. The highest BCUT2D eigenvalue weighted by Crippen LogP contribution is 2.38. The number of nitrogens with two attached hydrogens (primary N) is 1. The van der Waals surface area contributed by atoms with Crippen molar-refractivity contribution >= 4 is 6.09 Å². The number of carbonyl (C=O) groups excluding carboxylic acids is 1. The second kappa shape index (κ2) is 14.1. The molecule has 0 radical (unpaired) electrons. The lowest BCUT2D eigenvalue weighted by Crippen LogP contribution is -2.53. The first-order valence-corrected chi connectivity index (χ1v) is 17.6. The summed E-state index contributed by atoms with van der Waals surface area (Å²) in [6.07, 6.45) is 6.11. The number of alkyl carbamates (subject to hydrolysis) is 1. The molecule has 0 saturated carbocycles. The lowest BCUT2D eigenvalue weighted by Gasteiger charge is -2.39. The largest absolute Gasteiger partial charge is 0.465 e. The first-order chi connectivity index (χ1) is 22.6. The van der Waals surface area contributed by atoms with Gasteiger partial charge in [0.15, 0.2) is 17.9 Å². The highest BCUT2D eigenvalue weighted by atomic mass is 16.8. The number of amides is 1. The molecule has 0 aromatic heterocycles. The van der Waals surface area contributed by atoms with Gasteiger partial charge in [-0.2, -0.15) is 0 Å². The summed E-state index contributed by atoms with van der Waals surface area (Å²) in [4.78, 5) is 17.0. The van der Waals surface area contributed by atoms with E-state index < -0.39 is 11.6 Å². The van der Waals surface area contributed by atoms with Gasteiger partial charge in [-0.25, -0.2) is 4.79 Å². The third kappa shape index (κ3) is 9.48. The molecule has 5 saturated heterocycles. The van der Waals surface area contributed by atoms with Gasteiger partial charge >= 0.3 is 6.09 Å². The zero-order chi connectivity index (χ0) is 34.2. The van der Waals surface area contributed by atoms with E-state index in [9.17, 15) is 4.79 Å². The fraction of sp³-hybridized carbons (Fsp3) is 0.750. The summed E-state index contributed by atoms with van der Waals surface area (Å²) in [5.74, 6) is -0.188. The van der Waals surface area contributed by atoms with Gasteiger partial charge in [0.1, 0.15) is 24.6 Å². The molecule has 3 N–H and O–H groups in total. The Hall–Kier alpha value is -2.29. The van der Waals surface area contributed by atoms with Crippen molar-refractivity contribution in [2.45, 2.75) is 134 Å². The van der Waals surface area contributed by atoms with E-state index >= 15 is 0 Å². The van der Waals surface area contributed by atoms with Crippen LogP contribution < -0.4 is 11.1 Å². The Morgan fingerprint density at radius 3 is 2.19 bits per heavy atom. The topological polar surface area (TPSA) is 126 Å². The maximum absolute atomic E-state index is 12.2. The molecule has 268 valence electrons. The molecule has 48 heavy (non-hydrogen) atoms. The number of likely N-dealkylation sites (tertiary alicyclic amines) is 2. The molecule has 5 fully saturated rings. The molecule has 1 aromatic carbocycles. The normalized spacial score (nSPS) is 33.1. The molecule has 0 aliphatic carbocycles. The maximum atomic E-state index is 12.2. The number of carbonyl (C=O) groups is 1. The van der Waals surface area contributed by atoms with Crippen LogP contribution >= 0.6 is 0 Å². The van der Waals surface area contributed by atoms with E-state index in [0.717, 1.165) is 82.7 Å². The number of ether oxygens (including phenoxy) is 7. The van der Waals surface area contributed by atoms with Crippen molar-refractivity contribution in [2.24, 2.45) is 5.73 Å². The molecule has 6 aliphatic heterocycles. The zero-order valence-corrected chi connectivity index (χ0v) is 29.6. The van der Waals surface area contributed by atoms with Crippen molar-refractivity contribution in [3.63, 3.8) is 0 Å². The second-order valence-corrected chi connectivity index (χ2v) is 15.7. The van der Waals surface area contributed by atoms with Gasteiger partial charge in [-0.3, -0.25) is 4.90 Å². The Labute approximate surface area is 285 Å². The predicted molar refractivity (Wildman–Crippen MR) is 178 cm³/mol. The van der Waals surface area contributed by atoms with Gasteiger partial charge in [-0.05, 0) is 92.0 Å². The van der Waals surface area contributed by atoms with E-state index in [1.54, 1.807) is 0 Å². The number of nitrogens with zero attached hydrogens (tertiary/aromatic N) is 2. The van der Waals surface area contributed by atoms with Crippen molar-refractivity contribution in [3.05, 3.63) is 47.7 Å². The zero-order valence-electron chi connectivity index (χ0n) is 29.6. The summed E-state index contributed by atoms with van der Waals surface area (Å²) in [7, 11) is 0. The number of benzene rings is 1. The van der Waals surface area contributed by atoms with Crippen LogP contribution in [0.15, 0.2) is 42.2 Å². The Bertz CT molecular complexity index is 1260. The Kier molecular flexibility index (Phi) is 10.5. The number of hydrogen-bond acceptors (Lipinski definition) is 11. The molecule has 12 nitrogen and oxygen atoms in total. The number of nitrogens with one attached hydrogen (secondary N) is 1. The first kappa shape index (κ1) is 35.5. The molecule has 6 heterocycles. The molecular formula is C36H56N4O8. The minimum absolute atomic E-state index is 0.0137. The van der Waals surface area contributed by atoms with Crippen molar-refractivity contribution in [1.29, 1.82) is 0 Å². The van der Waals surface area contributed by atoms with Crippen LogP contribution in [0.4, 0.5) is 4.79 Å². The first-order valence-electron chi connectivity index (χ1n) is 17.6. The van der Waals surface area contributed by atoms with Crippen LogP contribution in [0.5, 0.6) is 0 Å². The van der Waals surface area contributed by atoms with Gasteiger partial charge in [0, 0.05) is 37.1 Å². The van der Waals surface area contributed by atoms with Crippen molar-refractivity contribution in [2.75, 3.05) is 39.3 Å².